The number of thiazole rings is 1. The molecule has 2 fully saturated rings. The summed E-state index contributed by atoms with van der Waals surface area (Å²) in [5.41, 5.74) is 0.233. The zero-order chi connectivity index (χ0) is 33.9. The minimum atomic E-state index is -3.72. The van der Waals surface area contributed by atoms with Crippen molar-refractivity contribution in [2.45, 2.75) is 71.3 Å². The number of anilines is 1. The van der Waals surface area contributed by atoms with Crippen LogP contribution >= 0.6 is 22.9 Å². The lowest BCUT2D eigenvalue weighted by Crippen LogP contribution is -2.47. The number of amides is 2. The number of ether oxygens (including phenoxy) is 1. The SMILES string of the molecule is CCCS(=O)(=O)Nc1cccc(-c2nc(C3CCN(C(=O)C4CCN(C(=O)OC(C)(C)C)CC4)CC3)sc2-c2ccnc(Cl)n2)c1F. The molecule has 47 heavy (non-hydrogen) atoms. The highest BCUT2D eigenvalue weighted by atomic mass is 35.5. The van der Waals surface area contributed by atoms with E-state index in [1.165, 1.54) is 23.6 Å². The van der Waals surface area contributed by atoms with Crippen molar-refractivity contribution in [3.8, 4) is 21.8 Å². The smallest absolute Gasteiger partial charge is 0.410 e. The van der Waals surface area contributed by atoms with Gasteiger partial charge in [-0.15, -0.1) is 11.3 Å². The van der Waals surface area contributed by atoms with Crippen LogP contribution in [0, 0.1) is 11.7 Å². The van der Waals surface area contributed by atoms with E-state index in [1.54, 1.807) is 30.0 Å². The first-order valence-electron chi connectivity index (χ1n) is 15.8. The first kappa shape index (κ1) is 35.0. The van der Waals surface area contributed by atoms with Gasteiger partial charge in [0.05, 0.1) is 32.7 Å². The Morgan fingerprint density at radius 2 is 1.74 bits per heavy atom. The van der Waals surface area contributed by atoms with E-state index in [0.29, 0.717) is 74.5 Å². The molecule has 0 aliphatic carbocycles. The number of likely N-dealkylation sites (tertiary alicyclic amines) is 2. The monoisotopic (exact) mass is 706 g/mol. The second-order valence-electron chi connectivity index (χ2n) is 12.9. The molecule has 0 saturated carbocycles. The summed E-state index contributed by atoms with van der Waals surface area (Å²) >= 11 is 7.50. The van der Waals surface area contributed by atoms with Crippen molar-refractivity contribution in [3.05, 3.63) is 46.6 Å². The van der Waals surface area contributed by atoms with Gasteiger partial charge in [0, 0.05) is 49.8 Å². The van der Waals surface area contributed by atoms with Crippen LogP contribution in [-0.2, 0) is 19.6 Å². The molecule has 2 aromatic heterocycles. The zero-order valence-corrected chi connectivity index (χ0v) is 29.4. The first-order chi connectivity index (χ1) is 22.2. The van der Waals surface area contributed by atoms with Gasteiger partial charge in [-0.3, -0.25) is 9.52 Å². The number of nitrogens with zero attached hydrogens (tertiary/aromatic N) is 5. The van der Waals surface area contributed by atoms with Crippen molar-refractivity contribution in [1.82, 2.24) is 24.8 Å². The highest BCUT2D eigenvalue weighted by molar-refractivity contribution is 7.92. The van der Waals surface area contributed by atoms with Gasteiger partial charge >= 0.3 is 6.09 Å². The Balaban J connectivity index is 1.31. The van der Waals surface area contributed by atoms with Gasteiger partial charge in [-0.1, -0.05) is 13.0 Å². The van der Waals surface area contributed by atoms with Gasteiger partial charge in [-0.05, 0) is 82.7 Å². The molecular formula is C32H40ClFN6O5S2. The van der Waals surface area contributed by atoms with Gasteiger partial charge < -0.3 is 14.5 Å². The maximum Gasteiger partial charge on any atom is 0.410 e. The van der Waals surface area contributed by atoms with Crippen LogP contribution in [-0.4, -0.2) is 82.7 Å². The van der Waals surface area contributed by atoms with E-state index in [1.807, 2.05) is 25.7 Å². The molecule has 1 aromatic carbocycles. The molecule has 5 rings (SSSR count). The van der Waals surface area contributed by atoms with E-state index >= 15 is 4.39 Å². The predicted molar refractivity (Wildman–Crippen MR) is 180 cm³/mol. The largest absolute Gasteiger partial charge is 0.444 e. The van der Waals surface area contributed by atoms with Crippen molar-refractivity contribution >= 4 is 50.6 Å². The molecule has 0 radical (unpaired) electrons. The van der Waals surface area contributed by atoms with Gasteiger partial charge in [0.25, 0.3) is 0 Å². The molecule has 254 valence electrons. The molecule has 0 bridgehead atoms. The molecule has 15 heteroatoms. The number of halogens is 2. The maximum atomic E-state index is 15.9. The van der Waals surface area contributed by atoms with Crippen LogP contribution < -0.4 is 4.72 Å². The molecule has 2 saturated heterocycles. The van der Waals surface area contributed by atoms with Gasteiger partial charge in [0.1, 0.15) is 5.60 Å². The highest BCUT2D eigenvalue weighted by Gasteiger charge is 2.35. The van der Waals surface area contributed by atoms with Crippen LogP contribution in [0.1, 0.15) is 70.7 Å². The summed E-state index contributed by atoms with van der Waals surface area (Å²) < 4.78 is 48.6. The summed E-state index contributed by atoms with van der Waals surface area (Å²) in [6.07, 6.45) is 4.11. The normalized spacial score (nSPS) is 16.7. The molecule has 2 aliphatic heterocycles. The molecule has 2 aliphatic rings. The third-order valence-electron chi connectivity index (χ3n) is 8.15. The summed E-state index contributed by atoms with van der Waals surface area (Å²) in [5, 5.41) is 0.813. The number of nitrogens with one attached hydrogen (secondary N) is 1. The van der Waals surface area contributed by atoms with Crippen LogP contribution in [0.2, 0.25) is 5.28 Å². The van der Waals surface area contributed by atoms with E-state index < -0.39 is 21.4 Å². The van der Waals surface area contributed by atoms with E-state index in [-0.39, 0.29) is 46.1 Å². The number of rotatable bonds is 8. The lowest BCUT2D eigenvalue weighted by molar-refractivity contribution is -0.138. The Morgan fingerprint density at radius 1 is 1.06 bits per heavy atom. The minimum Gasteiger partial charge on any atom is -0.444 e. The molecule has 1 N–H and O–H groups in total. The Labute approximate surface area is 284 Å². The van der Waals surface area contributed by atoms with Crippen molar-refractivity contribution in [2.75, 3.05) is 36.7 Å². The Kier molecular flexibility index (Phi) is 10.7. The highest BCUT2D eigenvalue weighted by Crippen LogP contribution is 2.43. The molecule has 3 aromatic rings. The standard InChI is InChI=1S/C32H40ClFN6O5S2/c1-5-19-47(43,44)38-23-8-6-7-22(25(23)34)26-27(24-9-14-35-30(33)36-24)46-28(37-26)20-10-15-39(16-11-20)29(41)21-12-17-40(18-13-21)31(42)45-32(2,3)4/h6-9,14,20-21,38H,5,10-13,15-19H2,1-4H3. The average Bonchev–Trinajstić information content (AvgIpc) is 3.46. The molecule has 2 amide bonds. The third kappa shape index (κ3) is 8.57. The summed E-state index contributed by atoms with van der Waals surface area (Å²) in [6.45, 7) is 9.32. The molecule has 0 atom stereocenters. The van der Waals surface area contributed by atoms with Crippen LogP contribution in [0.5, 0.6) is 0 Å². The number of carbonyl (C=O) groups excluding carboxylic acids is 2. The van der Waals surface area contributed by atoms with E-state index in [2.05, 4.69) is 14.7 Å². The fourth-order valence-corrected chi connectivity index (χ4v) is 8.35. The Hall–Kier alpha value is -3.36. The Bertz CT molecular complexity index is 1710. The average molecular weight is 707 g/mol. The van der Waals surface area contributed by atoms with Crippen molar-refractivity contribution < 1.29 is 27.1 Å². The van der Waals surface area contributed by atoms with Crippen molar-refractivity contribution in [1.29, 1.82) is 0 Å². The van der Waals surface area contributed by atoms with E-state index in [0.717, 1.165) is 5.01 Å². The molecule has 0 unspecified atom stereocenters. The van der Waals surface area contributed by atoms with E-state index in [4.69, 9.17) is 21.3 Å². The number of piperidine rings is 2. The summed E-state index contributed by atoms with van der Waals surface area (Å²) in [7, 11) is -3.72. The van der Waals surface area contributed by atoms with Crippen LogP contribution in [0.3, 0.4) is 0 Å². The number of hydrogen-bond donors (Lipinski definition) is 1. The molecular weight excluding hydrogens is 667 g/mol. The number of benzene rings is 1. The Morgan fingerprint density at radius 3 is 2.38 bits per heavy atom. The first-order valence-corrected chi connectivity index (χ1v) is 18.6. The van der Waals surface area contributed by atoms with Crippen molar-refractivity contribution in [2.24, 2.45) is 5.92 Å². The molecule has 4 heterocycles. The number of carbonyl (C=O) groups is 2. The fraction of sp³-hybridized carbons (Fsp3) is 0.531. The van der Waals surface area contributed by atoms with Gasteiger partial charge in [-0.25, -0.2) is 32.6 Å². The summed E-state index contributed by atoms with van der Waals surface area (Å²) in [5.74, 6) is -0.876. The predicted octanol–water partition coefficient (Wildman–Crippen LogP) is 6.56. The lowest BCUT2D eigenvalue weighted by Gasteiger charge is -2.37. The van der Waals surface area contributed by atoms with Gasteiger partial charge in [0.15, 0.2) is 5.82 Å². The number of hydrogen-bond acceptors (Lipinski definition) is 9. The van der Waals surface area contributed by atoms with Crippen molar-refractivity contribution in [3.63, 3.8) is 0 Å². The summed E-state index contributed by atoms with van der Waals surface area (Å²) in [4.78, 5) is 43.3. The fourth-order valence-electron chi connectivity index (χ4n) is 5.85. The van der Waals surface area contributed by atoms with Crippen LogP contribution in [0.4, 0.5) is 14.9 Å². The quantitative estimate of drug-likeness (QED) is 0.260. The zero-order valence-electron chi connectivity index (χ0n) is 27.0. The third-order valence-corrected chi connectivity index (χ3v) is 11.0. The number of aromatic nitrogens is 3. The lowest BCUT2D eigenvalue weighted by atomic mass is 9.92. The van der Waals surface area contributed by atoms with Gasteiger partial charge in [-0.2, -0.15) is 0 Å². The van der Waals surface area contributed by atoms with Gasteiger partial charge in [0.2, 0.25) is 21.2 Å². The summed E-state index contributed by atoms with van der Waals surface area (Å²) in [6, 6.07) is 6.20. The van der Waals surface area contributed by atoms with Crippen LogP contribution in [0.25, 0.3) is 21.8 Å². The second kappa shape index (κ2) is 14.4. The maximum absolute atomic E-state index is 15.9. The molecule has 11 nitrogen and oxygen atoms in total. The minimum absolute atomic E-state index is 0.0252. The molecule has 0 spiro atoms. The number of sulfonamides is 1. The van der Waals surface area contributed by atoms with E-state index in [9.17, 15) is 18.0 Å². The van der Waals surface area contributed by atoms with Crippen LogP contribution in [0.15, 0.2) is 30.5 Å². The topological polar surface area (TPSA) is 135 Å². The second-order valence-corrected chi connectivity index (χ2v) is 16.1.